The minimum atomic E-state index is -3.70. The highest BCUT2D eigenvalue weighted by Crippen LogP contribution is 2.32. The van der Waals surface area contributed by atoms with Crippen LogP contribution in [0.3, 0.4) is 0 Å². The molecule has 0 spiro atoms. The number of carboxylic acids is 1. The lowest BCUT2D eigenvalue weighted by molar-refractivity contribution is -0.145. The number of nitrogens with one attached hydrogen (secondary N) is 1. The molecule has 41 heavy (non-hydrogen) atoms. The monoisotopic (exact) mass is 576 g/mol. The van der Waals surface area contributed by atoms with E-state index in [4.69, 9.17) is 9.84 Å². The minimum absolute atomic E-state index is 0.0828. The molecule has 8 nitrogen and oxygen atoms in total. The molecule has 1 atom stereocenters. The number of hydrogen-bond donors (Lipinski definition) is 2. The lowest BCUT2D eigenvalue weighted by atomic mass is 9.85. The number of carbonyl (C=O) groups is 2. The Hall–Kier alpha value is -3.53. The van der Waals surface area contributed by atoms with Crippen LogP contribution < -0.4 is 4.72 Å². The molecule has 3 aromatic rings. The van der Waals surface area contributed by atoms with E-state index >= 15 is 0 Å². The van der Waals surface area contributed by atoms with Gasteiger partial charge in [-0.15, -0.1) is 0 Å². The Kier molecular flexibility index (Phi) is 9.17. The van der Waals surface area contributed by atoms with Crippen molar-refractivity contribution >= 4 is 21.9 Å². The van der Waals surface area contributed by atoms with E-state index < -0.39 is 16.0 Å². The van der Waals surface area contributed by atoms with Crippen molar-refractivity contribution in [1.29, 1.82) is 0 Å². The van der Waals surface area contributed by atoms with Crippen LogP contribution in [-0.2, 0) is 30.8 Å². The maximum absolute atomic E-state index is 13.5. The first-order valence-corrected chi connectivity index (χ1v) is 15.6. The van der Waals surface area contributed by atoms with E-state index in [2.05, 4.69) is 4.72 Å². The van der Waals surface area contributed by atoms with Crippen LogP contribution in [0.15, 0.2) is 83.8 Å². The van der Waals surface area contributed by atoms with Gasteiger partial charge in [-0.1, -0.05) is 66.7 Å². The number of nitrogens with zero attached hydrogens (tertiary/aromatic N) is 1. The number of hydrogen-bond acceptors (Lipinski definition) is 5. The SMILES string of the molecule is O=C(O)CCc1ccc(-c2ccc(S(=O)(=O)NC3CCC(C(=O)N4CCOCC4c4ccccc4)CC3)cc2)cc1. The fourth-order valence-corrected chi connectivity index (χ4v) is 7.05. The van der Waals surface area contributed by atoms with Crippen LogP contribution in [0.4, 0.5) is 0 Å². The zero-order valence-corrected chi connectivity index (χ0v) is 23.8. The summed E-state index contributed by atoms with van der Waals surface area (Å²) >= 11 is 0. The molecule has 2 fully saturated rings. The molecule has 1 aliphatic carbocycles. The number of aryl methyl sites for hydroxylation is 1. The lowest BCUT2D eigenvalue weighted by Gasteiger charge is -2.39. The van der Waals surface area contributed by atoms with Gasteiger partial charge in [0, 0.05) is 24.9 Å². The smallest absolute Gasteiger partial charge is 0.303 e. The zero-order valence-electron chi connectivity index (χ0n) is 22.9. The molecule has 1 saturated heterocycles. The maximum Gasteiger partial charge on any atom is 0.303 e. The summed E-state index contributed by atoms with van der Waals surface area (Å²) in [5.41, 5.74) is 3.82. The molecule has 5 rings (SSSR count). The number of ether oxygens (including phenoxy) is 1. The number of aliphatic carboxylic acids is 1. The molecular formula is C32H36N2O6S. The molecule has 1 unspecified atom stereocenters. The van der Waals surface area contributed by atoms with Crippen molar-refractivity contribution in [3.8, 4) is 11.1 Å². The molecule has 1 saturated carbocycles. The van der Waals surface area contributed by atoms with Crippen LogP contribution in [0, 0.1) is 5.92 Å². The molecule has 0 aromatic heterocycles. The van der Waals surface area contributed by atoms with Crippen molar-refractivity contribution in [1.82, 2.24) is 9.62 Å². The molecule has 1 heterocycles. The van der Waals surface area contributed by atoms with Gasteiger partial charge in [-0.05, 0) is 66.5 Å². The van der Waals surface area contributed by atoms with E-state index in [-0.39, 0.29) is 35.2 Å². The Bertz CT molecular complexity index is 1430. The molecule has 3 aromatic carbocycles. The van der Waals surface area contributed by atoms with Gasteiger partial charge < -0.3 is 14.7 Å². The summed E-state index contributed by atoms with van der Waals surface area (Å²) in [5, 5.41) is 8.86. The Morgan fingerprint density at radius 3 is 2.15 bits per heavy atom. The molecule has 1 amide bonds. The van der Waals surface area contributed by atoms with Crippen molar-refractivity contribution in [2.45, 2.75) is 55.5 Å². The number of morpholine rings is 1. The van der Waals surface area contributed by atoms with Crippen LogP contribution in [-0.4, -0.2) is 56.1 Å². The highest BCUT2D eigenvalue weighted by Gasteiger charge is 2.35. The summed E-state index contributed by atoms with van der Waals surface area (Å²) in [7, 11) is -3.70. The van der Waals surface area contributed by atoms with Crippen LogP contribution in [0.5, 0.6) is 0 Å². The molecule has 216 valence electrons. The highest BCUT2D eigenvalue weighted by molar-refractivity contribution is 7.89. The average Bonchev–Trinajstić information content (AvgIpc) is 3.00. The summed E-state index contributed by atoms with van der Waals surface area (Å²) in [4.78, 5) is 26.4. The minimum Gasteiger partial charge on any atom is -0.481 e. The van der Waals surface area contributed by atoms with Crippen LogP contribution in [0.25, 0.3) is 11.1 Å². The number of sulfonamides is 1. The fourth-order valence-electron chi connectivity index (χ4n) is 5.74. The Morgan fingerprint density at radius 2 is 1.51 bits per heavy atom. The first-order valence-electron chi connectivity index (χ1n) is 14.2. The molecule has 1 aliphatic heterocycles. The van der Waals surface area contributed by atoms with Crippen LogP contribution in [0.2, 0.25) is 0 Å². The highest BCUT2D eigenvalue weighted by atomic mass is 32.2. The van der Waals surface area contributed by atoms with Gasteiger partial charge >= 0.3 is 5.97 Å². The van der Waals surface area contributed by atoms with Crippen molar-refractivity contribution in [2.24, 2.45) is 5.92 Å². The number of carboxylic acid groups (broad SMARTS) is 1. The van der Waals surface area contributed by atoms with Crippen molar-refractivity contribution in [2.75, 3.05) is 19.8 Å². The summed E-state index contributed by atoms with van der Waals surface area (Å²) in [6.07, 6.45) is 3.07. The third kappa shape index (κ3) is 7.22. The number of carbonyl (C=O) groups excluding carboxylic acids is 1. The lowest BCUT2D eigenvalue weighted by Crippen LogP contribution is -2.47. The van der Waals surface area contributed by atoms with Gasteiger partial charge in [0.05, 0.1) is 24.2 Å². The van der Waals surface area contributed by atoms with Crippen molar-refractivity contribution in [3.05, 3.63) is 90.0 Å². The summed E-state index contributed by atoms with van der Waals surface area (Å²) in [6, 6.07) is 24.0. The Labute approximate surface area is 241 Å². The zero-order chi connectivity index (χ0) is 28.8. The predicted molar refractivity (Wildman–Crippen MR) is 156 cm³/mol. The van der Waals surface area contributed by atoms with E-state index in [0.717, 1.165) is 22.3 Å². The molecule has 0 bridgehead atoms. The van der Waals surface area contributed by atoms with E-state index in [1.54, 1.807) is 24.3 Å². The third-order valence-corrected chi connectivity index (χ3v) is 9.61. The van der Waals surface area contributed by atoms with Gasteiger partial charge in [-0.25, -0.2) is 13.1 Å². The van der Waals surface area contributed by atoms with Gasteiger partial charge in [0.15, 0.2) is 0 Å². The van der Waals surface area contributed by atoms with Crippen LogP contribution >= 0.6 is 0 Å². The second kappa shape index (κ2) is 13.0. The molecule has 2 aliphatic rings. The van der Waals surface area contributed by atoms with Gasteiger partial charge in [-0.2, -0.15) is 0 Å². The topological polar surface area (TPSA) is 113 Å². The number of benzene rings is 3. The van der Waals surface area contributed by atoms with Crippen molar-refractivity contribution < 1.29 is 27.9 Å². The maximum atomic E-state index is 13.5. The first-order chi connectivity index (χ1) is 19.8. The normalized spacial score (nSPS) is 21.4. The molecule has 0 radical (unpaired) electrons. The third-order valence-electron chi connectivity index (χ3n) is 8.07. The summed E-state index contributed by atoms with van der Waals surface area (Å²) in [6.45, 7) is 1.58. The van der Waals surface area contributed by atoms with Gasteiger partial charge in [-0.3, -0.25) is 9.59 Å². The first kappa shape index (κ1) is 29.0. The summed E-state index contributed by atoms with van der Waals surface area (Å²) < 4.78 is 34.8. The van der Waals surface area contributed by atoms with Gasteiger partial charge in [0.2, 0.25) is 15.9 Å². The van der Waals surface area contributed by atoms with E-state index in [9.17, 15) is 18.0 Å². The Morgan fingerprint density at radius 1 is 0.878 bits per heavy atom. The fraction of sp³-hybridized carbons (Fsp3) is 0.375. The Balaban J connectivity index is 1.16. The second-order valence-electron chi connectivity index (χ2n) is 10.8. The standard InChI is InChI=1S/C32H36N2O6S/c35-31(36)19-8-23-6-9-24(10-7-23)25-13-17-29(18-14-25)41(38,39)33-28-15-11-27(12-16-28)32(37)34-20-21-40-22-30(34)26-4-2-1-3-5-26/h1-7,9-10,13-14,17-18,27-28,30,33H,8,11-12,15-16,19-22H2,(H,35,36). The molecule has 9 heteroatoms. The van der Waals surface area contributed by atoms with Crippen molar-refractivity contribution in [3.63, 3.8) is 0 Å². The van der Waals surface area contributed by atoms with Crippen LogP contribution in [0.1, 0.15) is 49.3 Å². The van der Waals surface area contributed by atoms with Gasteiger partial charge in [0.25, 0.3) is 0 Å². The van der Waals surface area contributed by atoms with E-state index in [0.29, 0.717) is 51.9 Å². The largest absolute Gasteiger partial charge is 0.481 e. The number of amides is 1. The molecule has 2 N–H and O–H groups in total. The quantitative estimate of drug-likeness (QED) is 0.378. The number of rotatable bonds is 9. The van der Waals surface area contributed by atoms with E-state index in [1.165, 1.54) is 0 Å². The average molecular weight is 577 g/mol. The second-order valence-corrected chi connectivity index (χ2v) is 12.5. The molecular weight excluding hydrogens is 540 g/mol. The predicted octanol–water partition coefficient (Wildman–Crippen LogP) is 4.81. The summed E-state index contributed by atoms with van der Waals surface area (Å²) in [5.74, 6) is -0.810. The van der Waals surface area contributed by atoms with E-state index in [1.807, 2.05) is 59.5 Å². The van der Waals surface area contributed by atoms with Gasteiger partial charge in [0.1, 0.15) is 0 Å².